The third-order valence-corrected chi connectivity index (χ3v) is 3.50. The van der Waals surface area contributed by atoms with Crippen molar-refractivity contribution in [2.45, 2.75) is 32.8 Å². The molecule has 1 unspecified atom stereocenters. The van der Waals surface area contributed by atoms with Gasteiger partial charge in [0.2, 0.25) is 0 Å². The summed E-state index contributed by atoms with van der Waals surface area (Å²) in [5.74, 6) is -0.0472. The second kappa shape index (κ2) is 5.95. The molecule has 104 valence electrons. The summed E-state index contributed by atoms with van der Waals surface area (Å²) in [4.78, 5) is 13.4. The Hall–Kier alpha value is -1.71. The van der Waals surface area contributed by atoms with E-state index in [0.29, 0.717) is 5.75 Å². The molecule has 19 heavy (non-hydrogen) atoms. The van der Waals surface area contributed by atoms with Crippen LogP contribution in [-0.2, 0) is 4.79 Å². The minimum atomic E-state index is -0.865. The van der Waals surface area contributed by atoms with Crippen LogP contribution >= 0.6 is 0 Å². The Kier molecular flexibility index (Phi) is 4.30. The van der Waals surface area contributed by atoms with Gasteiger partial charge >= 0.3 is 5.97 Å². The number of carbonyl (C=O) groups is 1. The highest BCUT2D eigenvalue weighted by Gasteiger charge is 2.38. The summed E-state index contributed by atoms with van der Waals surface area (Å²) in [6.45, 7) is 6.04. The van der Waals surface area contributed by atoms with Crippen LogP contribution in [0.3, 0.4) is 0 Å². The lowest BCUT2D eigenvalue weighted by molar-refractivity contribution is -0.146. The highest BCUT2D eigenvalue weighted by atomic mass is 16.5. The molecule has 0 heterocycles. The number of aliphatic carboxylic acids is 1. The number of rotatable bonds is 7. The Morgan fingerprint density at radius 1 is 1.42 bits per heavy atom. The summed E-state index contributed by atoms with van der Waals surface area (Å²) in [5.41, 5.74) is 1.07. The van der Waals surface area contributed by atoms with Gasteiger partial charge in [-0.25, -0.2) is 4.79 Å². The zero-order valence-corrected chi connectivity index (χ0v) is 11.5. The van der Waals surface area contributed by atoms with Gasteiger partial charge in [0.1, 0.15) is 5.75 Å². The first-order valence-corrected chi connectivity index (χ1v) is 6.90. The molecule has 0 amide bonds. The van der Waals surface area contributed by atoms with Crippen molar-refractivity contribution in [3.63, 3.8) is 0 Å². The molecular weight excluding hydrogens is 242 g/mol. The number of ether oxygens (including phenoxy) is 1. The Morgan fingerprint density at radius 3 is 2.63 bits per heavy atom. The smallest absolute Gasteiger partial charge is 0.345 e. The van der Waals surface area contributed by atoms with Crippen LogP contribution in [-0.4, -0.2) is 30.3 Å². The predicted octanol–water partition coefficient (Wildman–Crippen LogP) is 2.77. The van der Waals surface area contributed by atoms with Crippen molar-refractivity contribution in [2.24, 2.45) is 5.92 Å². The molecule has 1 N–H and O–H groups in total. The van der Waals surface area contributed by atoms with Gasteiger partial charge in [-0.15, -0.1) is 0 Å². The monoisotopic (exact) mass is 263 g/mol. The first kappa shape index (κ1) is 13.7. The number of benzene rings is 1. The van der Waals surface area contributed by atoms with Crippen LogP contribution in [0.1, 0.15) is 26.7 Å². The maximum atomic E-state index is 11.2. The van der Waals surface area contributed by atoms with Crippen LogP contribution in [0.15, 0.2) is 24.3 Å². The zero-order valence-electron chi connectivity index (χ0n) is 11.5. The molecule has 1 aliphatic rings. The molecule has 1 aromatic rings. The topological polar surface area (TPSA) is 49.8 Å². The molecule has 4 nitrogen and oxygen atoms in total. The van der Waals surface area contributed by atoms with Crippen molar-refractivity contribution in [1.82, 2.24) is 0 Å². The molecule has 0 radical (unpaired) electrons. The second-order valence-electron chi connectivity index (χ2n) is 4.88. The number of nitrogens with zero attached hydrogens (tertiary/aromatic N) is 1. The SMILES string of the molecule is CCN(CC)c1cccc(OC(C(=O)O)C2CC2)c1. The predicted molar refractivity (Wildman–Crippen MR) is 74.8 cm³/mol. The van der Waals surface area contributed by atoms with E-state index in [2.05, 4.69) is 18.7 Å². The van der Waals surface area contributed by atoms with Crippen molar-refractivity contribution in [3.8, 4) is 5.75 Å². The molecule has 1 fully saturated rings. The van der Waals surface area contributed by atoms with Crippen molar-refractivity contribution in [2.75, 3.05) is 18.0 Å². The van der Waals surface area contributed by atoms with Gasteiger partial charge < -0.3 is 14.7 Å². The molecule has 1 aliphatic carbocycles. The van der Waals surface area contributed by atoms with E-state index in [1.54, 1.807) is 0 Å². The molecule has 1 atom stereocenters. The Morgan fingerprint density at radius 2 is 2.11 bits per heavy atom. The van der Waals surface area contributed by atoms with E-state index >= 15 is 0 Å². The highest BCUT2D eigenvalue weighted by molar-refractivity contribution is 5.73. The van der Waals surface area contributed by atoms with Gasteiger partial charge in [0, 0.05) is 30.8 Å². The van der Waals surface area contributed by atoms with E-state index in [4.69, 9.17) is 4.74 Å². The van der Waals surface area contributed by atoms with Crippen LogP contribution in [0.4, 0.5) is 5.69 Å². The largest absolute Gasteiger partial charge is 0.478 e. The van der Waals surface area contributed by atoms with Crippen LogP contribution in [0.2, 0.25) is 0 Å². The summed E-state index contributed by atoms with van der Waals surface area (Å²) < 4.78 is 5.65. The number of hydrogen-bond acceptors (Lipinski definition) is 3. The fraction of sp³-hybridized carbons (Fsp3) is 0.533. The Labute approximate surface area is 114 Å². The average molecular weight is 263 g/mol. The summed E-state index contributed by atoms with van der Waals surface area (Å²) in [7, 11) is 0. The summed E-state index contributed by atoms with van der Waals surface area (Å²) in [6.07, 6.45) is 1.20. The molecule has 0 saturated heterocycles. The third-order valence-electron chi connectivity index (χ3n) is 3.50. The van der Waals surface area contributed by atoms with Gasteiger partial charge in [0.25, 0.3) is 0 Å². The van der Waals surface area contributed by atoms with Gasteiger partial charge in [-0.05, 0) is 38.8 Å². The number of carboxylic acid groups (broad SMARTS) is 1. The minimum absolute atomic E-state index is 0.176. The summed E-state index contributed by atoms with van der Waals surface area (Å²) >= 11 is 0. The highest BCUT2D eigenvalue weighted by Crippen LogP contribution is 2.35. The van der Waals surface area contributed by atoms with E-state index in [1.807, 2.05) is 24.3 Å². The fourth-order valence-electron chi connectivity index (χ4n) is 2.24. The van der Waals surface area contributed by atoms with Crippen LogP contribution in [0, 0.1) is 5.92 Å². The molecule has 1 aromatic carbocycles. The second-order valence-corrected chi connectivity index (χ2v) is 4.88. The zero-order chi connectivity index (χ0) is 13.8. The van der Waals surface area contributed by atoms with E-state index in [1.165, 1.54) is 0 Å². The van der Waals surface area contributed by atoms with Gasteiger partial charge in [-0.2, -0.15) is 0 Å². The standard InChI is InChI=1S/C15H21NO3/c1-3-16(4-2)12-6-5-7-13(10-12)19-14(15(17)18)11-8-9-11/h5-7,10-11,14H,3-4,8-9H2,1-2H3,(H,17,18). The number of carboxylic acids is 1. The number of anilines is 1. The van der Waals surface area contributed by atoms with Gasteiger partial charge in [0.05, 0.1) is 0 Å². The molecule has 2 rings (SSSR count). The first-order chi connectivity index (χ1) is 9.15. The van der Waals surface area contributed by atoms with E-state index < -0.39 is 12.1 Å². The van der Waals surface area contributed by atoms with E-state index in [9.17, 15) is 9.90 Å². The molecule has 0 bridgehead atoms. The van der Waals surface area contributed by atoms with Crippen molar-refractivity contribution in [1.29, 1.82) is 0 Å². The lowest BCUT2D eigenvalue weighted by Gasteiger charge is -2.22. The quantitative estimate of drug-likeness (QED) is 0.821. The molecule has 4 heteroatoms. The maximum absolute atomic E-state index is 11.2. The normalized spacial score (nSPS) is 15.9. The van der Waals surface area contributed by atoms with Gasteiger partial charge in [-0.3, -0.25) is 0 Å². The maximum Gasteiger partial charge on any atom is 0.345 e. The fourth-order valence-corrected chi connectivity index (χ4v) is 2.24. The first-order valence-electron chi connectivity index (χ1n) is 6.90. The van der Waals surface area contributed by atoms with E-state index in [0.717, 1.165) is 31.6 Å². The van der Waals surface area contributed by atoms with Crippen molar-refractivity contribution < 1.29 is 14.6 Å². The van der Waals surface area contributed by atoms with Crippen LogP contribution in [0.25, 0.3) is 0 Å². The summed E-state index contributed by atoms with van der Waals surface area (Å²) in [6, 6.07) is 7.68. The molecule has 1 saturated carbocycles. The molecular formula is C15H21NO3. The van der Waals surface area contributed by atoms with Crippen LogP contribution < -0.4 is 9.64 Å². The molecule has 0 spiro atoms. The number of hydrogen-bond donors (Lipinski definition) is 1. The van der Waals surface area contributed by atoms with Gasteiger partial charge in [-0.1, -0.05) is 6.07 Å². The Bertz CT molecular complexity index is 439. The van der Waals surface area contributed by atoms with Crippen LogP contribution in [0.5, 0.6) is 5.75 Å². The lowest BCUT2D eigenvalue weighted by atomic mass is 10.2. The van der Waals surface area contributed by atoms with E-state index in [-0.39, 0.29) is 5.92 Å². The summed E-state index contributed by atoms with van der Waals surface area (Å²) in [5, 5.41) is 9.18. The minimum Gasteiger partial charge on any atom is -0.478 e. The van der Waals surface area contributed by atoms with Crippen molar-refractivity contribution in [3.05, 3.63) is 24.3 Å². The Balaban J connectivity index is 2.11. The van der Waals surface area contributed by atoms with Crippen molar-refractivity contribution >= 4 is 11.7 Å². The molecule has 0 aliphatic heterocycles. The van der Waals surface area contributed by atoms with Gasteiger partial charge in [0.15, 0.2) is 6.10 Å². The lowest BCUT2D eigenvalue weighted by Crippen LogP contribution is -2.29. The average Bonchev–Trinajstić information content (AvgIpc) is 3.22. The molecule has 0 aromatic heterocycles. The third kappa shape index (κ3) is 3.40.